The van der Waals surface area contributed by atoms with Gasteiger partial charge in [0.1, 0.15) is 5.82 Å². The fraction of sp³-hybridized carbons (Fsp3) is 0.0556. The van der Waals surface area contributed by atoms with Gasteiger partial charge in [0, 0.05) is 10.5 Å². The molecule has 0 saturated heterocycles. The van der Waals surface area contributed by atoms with Crippen molar-refractivity contribution in [3.8, 4) is 11.4 Å². The van der Waals surface area contributed by atoms with Crippen molar-refractivity contribution in [2.75, 3.05) is 6.26 Å². The Kier molecular flexibility index (Phi) is 4.94. The summed E-state index contributed by atoms with van der Waals surface area (Å²) in [6.07, 6.45) is 3.80. The lowest BCUT2D eigenvalue weighted by molar-refractivity contribution is 0.628. The Morgan fingerprint density at radius 2 is 1.93 bits per heavy atom. The van der Waals surface area contributed by atoms with Crippen LogP contribution in [0.3, 0.4) is 0 Å². The number of hydrogen-bond donors (Lipinski definition) is 0. The van der Waals surface area contributed by atoms with E-state index in [4.69, 9.17) is 23.2 Å². The second-order valence-electron chi connectivity index (χ2n) is 5.56. The predicted molar refractivity (Wildman–Crippen MR) is 110 cm³/mol. The second-order valence-corrected chi connectivity index (χ2v) is 8.27. The van der Waals surface area contributed by atoms with Gasteiger partial charge >= 0.3 is 0 Å². The highest BCUT2D eigenvalue weighted by atomic mass is 35.5. The Hall–Kier alpha value is -1.93. The summed E-state index contributed by atoms with van der Waals surface area (Å²) in [4.78, 5) is 18.5. The Morgan fingerprint density at radius 3 is 2.59 bits per heavy atom. The first-order valence-corrected chi connectivity index (χ1v) is 10.5. The molecule has 0 N–H and O–H groups in total. The average molecular weight is 438 g/mol. The van der Waals surface area contributed by atoms with Crippen LogP contribution in [0.4, 0.5) is 4.39 Å². The van der Waals surface area contributed by atoms with Crippen molar-refractivity contribution in [3.63, 3.8) is 0 Å². The Bertz CT molecular complexity index is 1270. The van der Waals surface area contributed by atoms with E-state index in [0.717, 1.165) is 16.5 Å². The van der Waals surface area contributed by atoms with Gasteiger partial charge in [0.25, 0.3) is 5.56 Å². The average Bonchev–Trinajstić information content (AvgIpc) is 3.19. The van der Waals surface area contributed by atoms with Crippen molar-refractivity contribution in [2.24, 2.45) is 0 Å². The monoisotopic (exact) mass is 437 g/mol. The number of halogens is 3. The first kappa shape index (κ1) is 18.4. The molecule has 0 atom stereocenters. The Morgan fingerprint density at radius 1 is 1.19 bits per heavy atom. The maximum atomic E-state index is 13.7. The van der Waals surface area contributed by atoms with E-state index in [1.807, 2.05) is 30.5 Å². The van der Waals surface area contributed by atoms with E-state index in [1.54, 1.807) is 17.8 Å². The number of rotatable bonds is 3. The number of hydrogen-bond acceptors (Lipinski definition) is 5. The molecule has 4 aromatic rings. The van der Waals surface area contributed by atoms with Crippen molar-refractivity contribution < 1.29 is 4.39 Å². The van der Waals surface area contributed by atoms with Crippen LogP contribution in [0.1, 0.15) is 5.56 Å². The molecule has 9 heteroatoms. The molecule has 0 aliphatic rings. The summed E-state index contributed by atoms with van der Waals surface area (Å²) in [5.41, 5.74) is 0.915. The van der Waals surface area contributed by atoms with Crippen LogP contribution in [0.25, 0.3) is 22.4 Å². The molecule has 0 aliphatic carbocycles. The molecule has 0 aliphatic heterocycles. The van der Waals surface area contributed by atoms with Gasteiger partial charge in [-0.05, 0) is 42.2 Å². The first-order chi connectivity index (χ1) is 13.0. The molecule has 4 rings (SSSR count). The quantitative estimate of drug-likeness (QED) is 0.348. The summed E-state index contributed by atoms with van der Waals surface area (Å²) < 4.78 is 15.5. The second kappa shape index (κ2) is 7.24. The predicted octanol–water partition coefficient (Wildman–Crippen LogP) is 4.53. The molecule has 2 aromatic carbocycles. The highest BCUT2D eigenvalue weighted by Gasteiger charge is 2.16. The van der Waals surface area contributed by atoms with Crippen LogP contribution >= 0.6 is 46.3 Å². The fourth-order valence-electron chi connectivity index (χ4n) is 2.49. The summed E-state index contributed by atoms with van der Waals surface area (Å²) in [5, 5.41) is 4.32. The molecule has 136 valence electrons. The minimum atomic E-state index is -0.626. The summed E-state index contributed by atoms with van der Waals surface area (Å²) in [7, 11) is 0. The van der Waals surface area contributed by atoms with Crippen LogP contribution in [0.2, 0.25) is 10.0 Å². The van der Waals surface area contributed by atoms with Crippen LogP contribution in [-0.2, 0) is 0 Å². The third-order valence-corrected chi connectivity index (χ3v) is 6.15. The molecule has 2 heterocycles. The van der Waals surface area contributed by atoms with E-state index in [-0.39, 0.29) is 27.0 Å². The standard InChI is InChI=1S/C18H10Cl2FN3OS2/c1-26-10-4-2-9(3-5-10)6-15-17(25)24-18(27-15)22-16(23-24)11-7-14(21)13(20)8-12(11)19/h2-8H,1H3. The number of thioether (sulfide) groups is 1. The molecule has 27 heavy (non-hydrogen) atoms. The summed E-state index contributed by atoms with van der Waals surface area (Å²) in [5.74, 6) is -0.450. The van der Waals surface area contributed by atoms with Gasteiger partial charge in [-0.1, -0.05) is 46.7 Å². The smallest absolute Gasteiger partial charge is 0.266 e. The van der Waals surface area contributed by atoms with E-state index >= 15 is 0 Å². The van der Waals surface area contributed by atoms with E-state index in [0.29, 0.717) is 9.49 Å². The number of thiazole rings is 1. The third kappa shape index (κ3) is 3.48. The topological polar surface area (TPSA) is 47.3 Å². The van der Waals surface area contributed by atoms with Gasteiger partial charge in [0.15, 0.2) is 5.82 Å². The van der Waals surface area contributed by atoms with Crippen LogP contribution < -0.4 is 10.1 Å². The molecule has 2 aromatic heterocycles. The largest absolute Gasteiger partial charge is 0.291 e. The summed E-state index contributed by atoms with van der Waals surface area (Å²) in [6.45, 7) is 0. The molecule has 0 amide bonds. The van der Waals surface area contributed by atoms with Crippen LogP contribution in [0.15, 0.2) is 46.1 Å². The van der Waals surface area contributed by atoms with Crippen LogP contribution in [0, 0.1) is 5.82 Å². The molecule has 4 nitrogen and oxygen atoms in total. The van der Waals surface area contributed by atoms with Gasteiger partial charge < -0.3 is 0 Å². The zero-order chi connectivity index (χ0) is 19.1. The van der Waals surface area contributed by atoms with Crippen molar-refractivity contribution >= 4 is 57.3 Å². The van der Waals surface area contributed by atoms with E-state index in [1.165, 1.54) is 21.9 Å². The van der Waals surface area contributed by atoms with E-state index in [2.05, 4.69) is 10.1 Å². The molecule has 0 bridgehead atoms. The number of fused-ring (bicyclic) bond motifs is 1. The van der Waals surface area contributed by atoms with Crippen LogP contribution in [0.5, 0.6) is 0 Å². The lowest BCUT2D eigenvalue weighted by Crippen LogP contribution is -2.23. The summed E-state index contributed by atoms with van der Waals surface area (Å²) >= 11 is 14.7. The van der Waals surface area contributed by atoms with Crippen molar-refractivity contribution in [2.45, 2.75) is 4.90 Å². The van der Waals surface area contributed by atoms with E-state index in [9.17, 15) is 9.18 Å². The lowest BCUT2D eigenvalue weighted by atomic mass is 10.2. The van der Waals surface area contributed by atoms with Gasteiger partial charge in [-0.25, -0.2) is 4.39 Å². The van der Waals surface area contributed by atoms with Gasteiger partial charge in [-0.2, -0.15) is 9.50 Å². The van der Waals surface area contributed by atoms with E-state index < -0.39 is 5.82 Å². The molecular weight excluding hydrogens is 428 g/mol. The minimum absolute atomic E-state index is 0.0846. The highest BCUT2D eigenvalue weighted by molar-refractivity contribution is 7.98. The van der Waals surface area contributed by atoms with Gasteiger partial charge in [0.2, 0.25) is 4.96 Å². The van der Waals surface area contributed by atoms with Crippen LogP contribution in [-0.4, -0.2) is 20.9 Å². The minimum Gasteiger partial charge on any atom is -0.266 e. The first-order valence-electron chi connectivity index (χ1n) is 7.66. The molecule has 0 fully saturated rings. The molecule has 0 unspecified atom stereocenters. The zero-order valence-electron chi connectivity index (χ0n) is 13.7. The van der Waals surface area contributed by atoms with Crippen molar-refractivity contribution in [1.29, 1.82) is 0 Å². The molecule has 0 saturated carbocycles. The zero-order valence-corrected chi connectivity index (χ0v) is 16.9. The van der Waals surface area contributed by atoms with Gasteiger partial charge in [-0.3, -0.25) is 4.79 Å². The highest BCUT2D eigenvalue weighted by Crippen LogP contribution is 2.30. The SMILES string of the molecule is CSc1ccc(C=c2sc3nc(-c4cc(F)c(Cl)cc4Cl)nn3c2=O)cc1. The maximum absolute atomic E-state index is 13.7. The molecule has 0 radical (unpaired) electrons. The Labute approximate surface area is 171 Å². The number of nitrogens with zero attached hydrogens (tertiary/aromatic N) is 3. The van der Waals surface area contributed by atoms with Crippen molar-refractivity contribution in [1.82, 2.24) is 14.6 Å². The number of aromatic nitrogens is 3. The summed E-state index contributed by atoms with van der Waals surface area (Å²) in [6, 6.07) is 10.3. The number of benzene rings is 2. The lowest BCUT2D eigenvalue weighted by Gasteiger charge is -2.01. The normalized spacial score (nSPS) is 12.2. The maximum Gasteiger partial charge on any atom is 0.291 e. The molecule has 0 spiro atoms. The molecular formula is C18H10Cl2FN3OS2. The fourth-order valence-corrected chi connectivity index (χ4v) is 4.28. The van der Waals surface area contributed by atoms with Gasteiger partial charge in [-0.15, -0.1) is 16.9 Å². The Balaban J connectivity index is 1.79. The van der Waals surface area contributed by atoms with Gasteiger partial charge in [0.05, 0.1) is 14.6 Å². The third-order valence-electron chi connectivity index (χ3n) is 3.85. The van der Waals surface area contributed by atoms with Crippen molar-refractivity contribution in [3.05, 3.63) is 72.7 Å².